The molecule has 0 saturated heterocycles. The summed E-state index contributed by atoms with van der Waals surface area (Å²) in [5.74, 6) is -0.687. The SMILES string of the molecule is COC(=O)Cn1c(=O)c2c(nc3n(-c4ccc(F)cc4)c(C)cn23)n(C)c1=O. The smallest absolute Gasteiger partial charge is 0.333 e. The van der Waals surface area contributed by atoms with Crippen molar-refractivity contribution < 1.29 is 13.9 Å². The summed E-state index contributed by atoms with van der Waals surface area (Å²) in [5.41, 5.74) is 0.431. The molecule has 0 fully saturated rings. The highest BCUT2D eigenvalue weighted by Crippen LogP contribution is 2.21. The lowest BCUT2D eigenvalue weighted by Crippen LogP contribution is -2.41. The number of nitrogens with zero attached hydrogens (tertiary/aromatic N) is 5. The van der Waals surface area contributed by atoms with Crippen molar-refractivity contribution >= 4 is 22.9 Å². The number of hydrogen-bond donors (Lipinski definition) is 0. The molecule has 0 N–H and O–H groups in total. The fraction of sp³-hybridized carbons (Fsp3) is 0.222. The third-order valence-electron chi connectivity index (χ3n) is 4.63. The lowest BCUT2D eigenvalue weighted by molar-refractivity contribution is -0.141. The van der Waals surface area contributed by atoms with E-state index in [4.69, 9.17) is 0 Å². The van der Waals surface area contributed by atoms with Gasteiger partial charge in [-0.15, -0.1) is 0 Å². The van der Waals surface area contributed by atoms with Crippen LogP contribution < -0.4 is 11.2 Å². The third kappa shape index (κ3) is 2.45. The van der Waals surface area contributed by atoms with Gasteiger partial charge in [-0.25, -0.2) is 13.8 Å². The minimum Gasteiger partial charge on any atom is -0.468 e. The summed E-state index contributed by atoms with van der Waals surface area (Å²) >= 11 is 0. The molecule has 0 bridgehead atoms. The van der Waals surface area contributed by atoms with Crippen molar-refractivity contribution in [3.05, 3.63) is 62.8 Å². The molecule has 0 atom stereocenters. The van der Waals surface area contributed by atoms with E-state index in [2.05, 4.69) is 9.72 Å². The number of hydrogen-bond acceptors (Lipinski definition) is 5. The molecule has 4 rings (SSSR count). The second-order valence-corrected chi connectivity index (χ2v) is 6.35. The maximum atomic E-state index is 13.3. The highest BCUT2D eigenvalue weighted by Gasteiger charge is 2.21. The van der Waals surface area contributed by atoms with E-state index in [-0.39, 0.29) is 17.0 Å². The summed E-state index contributed by atoms with van der Waals surface area (Å²) in [5, 5.41) is 0. The molecule has 0 saturated carbocycles. The number of methoxy groups -OCH3 is 1. The van der Waals surface area contributed by atoms with Crippen LogP contribution in [0.15, 0.2) is 40.1 Å². The lowest BCUT2D eigenvalue weighted by atomic mass is 10.3. The molecule has 0 aliphatic heterocycles. The van der Waals surface area contributed by atoms with Gasteiger partial charge in [-0.3, -0.25) is 23.1 Å². The number of ether oxygens (including phenoxy) is 1. The van der Waals surface area contributed by atoms with Crippen LogP contribution in [0.4, 0.5) is 4.39 Å². The van der Waals surface area contributed by atoms with Crippen molar-refractivity contribution in [2.24, 2.45) is 7.05 Å². The second kappa shape index (κ2) is 6.19. The van der Waals surface area contributed by atoms with Crippen LogP contribution in [0.5, 0.6) is 0 Å². The van der Waals surface area contributed by atoms with Gasteiger partial charge in [0.2, 0.25) is 5.78 Å². The molecule has 10 heteroatoms. The first-order valence-corrected chi connectivity index (χ1v) is 8.36. The molecule has 0 spiro atoms. The van der Waals surface area contributed by atoms with E-state index in [0.29, 0.717) is 11.5 Å². The van der Waals surface area contributed by atoms with E-state index in [1.807, 2.05) is 6.92 Å². The zero-order valence-electron chi connectivity index (χ0n) is 15.3. The molecule has 28 heavy (non-hydrogen) atoms. The number of carbonyl (C=O) groups excluding carboxylic acids is 1. The molecule has 9 nitrogen and oxygen atoms in total. The van der Waals surface area contributed by atoms with Crippen LogP contribution in [0.3, 0.4) is 0 Å². The van der Waals surface area contributed by atoms with Crippen LogP contribution in [-0.4, -0.2) is 36.2 Å². The van der Waals surface area contributed by atoms with Gasteiger partial charge in [-0.2, -0.15) is 4.98 Å². The maximum Gasteiger partial charge on any atom is 0.333 e. The quantitative estimate of drug-likeness (QED) is 0.486. The van der Waals surface area contributed by atoms with Crippen molar-refractivity contribution in [1.82, 2.24) is 23.1 Å². The van der Waals surface area contributed by atoms with Gasteiger partial charge < -0.3 is 4.74 Å². The number of fused-ring (bicyclic) bond motifs is 3. The van der Waals surface area contributed by atoms with Crippen molar-refractivity contribution in [3.63, 3.8) is 0 Å². The Hall–Kier alpha value is -3.69. The first kappa shape index (κ1) is 17.7. The highest BCUT2D eigenvalue weighted by atomic mass is 19.1. The Labute approximate surface area is 156 Å². The van der Waals surface area contributed by atoms with E-state index in [9.17, 15) is 18.8 Å². The van der Waals surface area contributed by atoms with Crippen molar-refractivity contribution in [2.45, 2.75) is 13.5 Å². The zero-order valence-corrected chi connectivity index (χ0v) is 15.3. The van der Waals surface area contributed by atoms with Crippen LogP contribution in [0, 0.1) is 12.7 Å². The number of rotatable bonds is 3. The first-order chi connectivity index (χ1) is 13.3. The van der Waals surface area contributed by atoms with Crippen LogP contribution in [0.2, 0.25) is 0 Å². The Morgan fingerprint density at radius 2 is 1.89 bits per heavy atom. The minimum atomic E-state index is -0.709. The van der Waals surface area contributed by atoms with Crippen molar-refractivity contribution in [2.75, 3.05) is 7.11 Å². The van der Waals surface area contributed by atoms with E-state index >= 15 is 0 Å². The molecule has 0 amide bonds. The molecule has 0 aliphatic carbocycles. The molecule has 4 aromatic rings. The Morgan fingerprint density at radius 3 is 2.54 bits per heavy atom. The average molecular weight is 385 g/mol. The van der Waals surface area contributed by atoms with Crippen LogP contribution in [0.25, 0.3) is 22.6 Å². The van der Waals surface area contributed by atoms with E-state index < -0.39 is 23.8 Å². The summed E-state index contributed by atoms with van der Waals surface area (Å²) in [6.07, 6.45) is 1.70. The summed E-state index contributed by atoms with van der Waals surface area (Å²) in [4.78, 5) is 41.6. The highest BCUT2D eigenvalue weighted by molar-refractivity contribution is 5.77. The monoisotopic (exact) mass is 385 g/mol. The molecule has 3 heterocycles. The second-order valence-electron chi connectivity index (χ2n) is 6.35. The number of carbonyl (C=O) groups is 1. The molecule has 0 aliphatic rings. The average Bonchev–Trinajstić information content (AvgIpc) is 3.18. The number of aryl methyl sites for hydroxylation is 2. The van der Waals surface area contributed by atoms with Crippen LogP contribution in [0.1, 0.15) is 5.69 Å². The van der Waals surface area contributed by atoms with Crippen molar-refractivity contribution in [1.29, 1.82) is 0 Å². The van der Waals surface area contributed by atoms with Gasteiger partial charge in [0, 0.05) is 24.6 Å². The molecular formula is C18H16FN5O4. The Balaban J connectivity index is 2.07. The maximum absolute atomic E-state index is 13.3. The van der Waals surface area contributed by atoms with Gasteiger partial charge in [0.25, 0.3) is 5.56 Å². The molecule has 144 valence electrons. The molecule has 1 aromatic carbocycles. The summed E-state index contributed by atoms with van der Waals surface area (Å²) in [7, 11) is 2.65. The zero-order chi connectivity index (χ0) is 20.2. The van der Waals surface area contributed by atoms with E-state index in [1.165, 1.54) is 30.9 Å². The first-order valence-electron chi connectivity index (χ1n) is 8.36. The number of halogens is 1. The largest absolute Gasteiger partial charge is 0.468 e. The Bertz CT molecular complexity index is 1360. The van der Waals surface area contributed by atoms with Gasteiger partial charge in [0.1, 0.15) is 12.4 Å². The predicted molar refractivity (Wildman–Crippen MR) is 98.2 cm³/mol. The topological polar surface area (TPSA) is 92.5 Å². The van der Waals surface area contributed by atoms with Crippen LogP contribution in [-0.2, 0) is 23.1 Å². The normalized spacial score (nSPS) is 11.4. The van der Waals surface area contributed by atoms with Gasteiger partial charge in [0.05, 0.1) is 7.11 Å². The van der Waals surface area contributed by atoms with Crippen LogP contribution >= 0.6 is 0 Å². The Morgan fingerprint density at radius 1 is 1.21 bits per heavy atom. The van der Waals surface area contributed by atoms with E-state index in [1.54, 1.807) is 27.3 Å². The van der Waals surface area contributed by atoms with Gasteiger partial charge in [-0.1, -0.05) is 0 Å². The molecule has 0 radical (unpaired) electrons. The lowest BCUT2D eigenvalue weighted by Gasteiger charge is -2.06. The number of imidazole rings is 2. The van der Waals surface area contributed by atoms with Crippen molar-refractivity contribution in [3.8, 4) is 5.69 Å². The number of benzene rings is 1. The fourth-order valence-corrected chi connectivity index (χ4v) is 3.25. The molecule has 3 aromatic heterocycles. The van der Waals surface area contributed by atoms with Gasteiger partial charge in [0.15, 0.2) is 11.2 Å². The summed E-state index contributed by atoms with van der Waals surface area (Å²) in [6, 6.07) is 5.84. The number of aromatic nitrogens is 5. The fourth-order valence-electron chi connectivity index (χ4n) is 3.25. The minimum absolute atomic E-state index is 0.157. The molecule has 0 unspecified atom stereocenters. The standard InChI is InChI=1S/C18H16FN5O4/c1-10-8-22-14-15(20-17(22)24(10)12-6-4-11(19)5-7-12)21(2)18(27)23(16(14)26)9-13(25)28-3/h4-8H,9H2,1-3H3. The summed E-state index contributed by atoms with van der Waals surface area (Å²) < 4.78 is 23.2. The number of esters is 1. The van der Waals surface area contributed by atoms with Gasteiger partial charge >= 0.3 is 11.7 Å². The Kier molecular flexibility index (Phi) is 3.91. The van der Waals surface area contributed by atoms with E-state index in [0.717, 1.165) is 10.3 Å². The van der Waals surface area contributed by atoms with Gasteiger partial charge in [-0.05, 0) is 31.2 Å². The summed E-state index contributed by atoms with van der Waals surface area (Å²) in [6.45, 7) is 1.32. The third-order valence-corrected chi connectivity index (χ3v) is 4.63. The predicted octanol–water partition coefficient (Wildman–Crippen LogP) is 0.759. The molecular weight excluding hydrogens is 369 g/mol.